The van der Waals surface area contributed by atoms with Crippen molar-refractivity contribution in [3.63, 3.8) is 0 Å². The molecule has 1 unspecified atom stereocenters. The van der Waals surface area contributed by atoms with Gasteiger partial charge in [0.2, 0.25) is 5.91 Å². The number of hydrogen-bond donors (Lipinski definition) is 4. The van der Waals surface area contributed by atoms with Gasteiger partial charge in [0.15, 0.2) is 5.60 Å². The molecule has 3 saturated heterocycles. The maximum Gasteiger partial charge on any atom is 0.583 e. The fourth-order valence-electron chi connectivity index (χ4n) is 9.40. The summed E-state index contributed by atoms with van der Waals surface area (Å²) in [5, 5.41) is 3.66. The molecule has 0 bridgehead atoms. The number of carbonyl (C=O) groups excluding carboxylic acids is 4. The molecule has 0 saturated carbocycles. The molecule has 1 aromatic heterocycles. The van der Waals surface area contributed by atoms with Gasteiger partial charge in [-0.05, 0) is 113 Å². The molecule has 13 heteroatoms. The number of H-pyrrole nitrogens is 1. The number of nitrogens with one attached hydrogen (secondary N) is 2. The summed E-state index contributed by atoms with van der Waals surface area (Å²) in [5.41, 5.74) is 17.8. The van der Waals surface area contributed by atoms with E-state index in [9.17, 15) is 19.2 Å². The minimum Gasteiger partial charge on any atom is -0.502 e. The van der Waals surface area contributed by atoms with Gasteiger partial charge >= 0.3 is 13.1 Å². The number of fused-ring (bicyclic) bond motifs is 1. The van der Waals surface area contributed by atoms with Crippen LogP contribution < -0.4 is 22.4 Å². The number of amides is 3. The Morgan fingerprint density at radius 1 is 0.683 bits per heavy atom. The van der Waals surface area contributed by atoms with Crippen LogP contribution in [-0.4, -0.2) is 71.8 Å². The molecule has 320 valence electrons. The van der Waals surface area contributed by atoms with E-state index in [1.165, 1.54) is 11.1 Å². The third-order valence-electron chi connectivity index (χ3n) is 12.9. The number of carbonyl (C=O) groups is 4. The predicted molar refractivity (Wildman–Crippen MR) is 243 cm³/mol. The van der Waals surface area contributed by atoms with E-state index in [1.807, 2.05) is 58.3 Å². The Kier molecular flexibility index (Phi) is 12.0. The summed E-state index contributed by atoms with van der Waals surface area (Å²) in [7, 11) is -1.15. The van der Waals surface area contributed by atoms with Crippen molar-refractivity contribution in [2.75, 3.05) is 31.5 Å². The quantitative estimate of drug-likeness (QED) is 0.110. The summed E-state index contributed by atoms with van der Waals surface area (Å²) in [6, 6.07) is 39.7. The van der Waals surface area contributed by atoms with Gasteiger partial charge in [0, 0.05) is 61.6 Å². The van der Waals surface area contributed by atoms with Gasteiger partial charge in [-0.15, -0.1) is 0 Å². The molecule has 0 radical (unpaired) electrons. The van der Waals surface area contributed by atoms with E-state index in [-0.39, 0.29) is 18.2 Å². The Labute approximate surface area is 367 Å². The Hall–Kier alpha value is -6.54. The second-order valence-electron chi connectivity index (χ2n) is 16.9. The highest BCUT2D eigenvalue weighted by molar-refractivity contribution is 6.64. The number of anilines is 1. The van der Waals surface area contributed by atoms with Gasteiger partial charge in [0.25, 0.3) is 11.8 Å². The van der Waals surface area contributed by atoms with E-state index < -0.39 is 24.6 Å². The fraction of sp³-hybridized carbons (Fsp3) is 0.280. The van der Waals surface area contributed by atoms with Gasteiger partial charge in [-0.25, -0.2) is 0 Å². The molecule has 12 nitrogen and oxygen atoms in total. The van der Waals surface area contributed by atoms with E-state index in [0.29, 0.717) is 79.1 Å². The molecule has 9 rings (SSSR count). The number of rotatable bonds is 11. The lowest BCUT2D eigenvalue weighted by Crippen LogP contribution is -2.40. The minimum absolute atomic E-state index is 0.0354. The highest BCUT2D eigenvalue weighted by Gasteiger charge is 2.56. The predicted octanol–water partition coefficient (Wildman–Crippen LogP) is 6.32. The van der Waals surface area contributed by atoms with E-state index >= 15 is 0 Å². The van der Waals surface area contributed by atoms with E-state index in [2.05, 4.69) is 34.6 Å². The van der Waals surface area contributed by atoms with Gasteiger partial charge in [-0.3, -0.25) is 19.2 Å². The molecular formula is C50H51BN6O6. The van der Waals surface area contributed by atoms with E-state index in [1.54, 1.807) is 54.6 Å². The van der Waals surface area contributed by atoms with Crippen LogP contribution in [0.25, 0.3) is 10.9 Å². The number of benzene rings is 5. The van der Waals surface area contributed by atoms with Crippen LogP contribution >= 0.6 is 0 Å². The van der Waals surface area contributed by atoms with Crippen LogP contribution in [0.3, 0.4) is 0 Å². The Morgan fingerprint density at radius 3 is 1.87 bits per heavy atom. The third kappa shape index (κ3) is 8.77. The third-order valence-corrected chi connectivity index (χ3v) is 12.9. The first-order chi connectivity index (χ1) is 30.7. The highest BCUT2D eigenvalue weighted by Crippen LogP contribution is 2.38. The molecule has 3 aliphatic rings. The van der Waals surface area contributed by atoms with Gasteiger partial charge < -0.3 is 40.9 Å². The molecule has 3 aliphatic heterocycles. The lowest BCUT2D eigenvalue weighted by atomic mass is 9.83. The van der Waals surface area contributed by atoms with Crippen LogP contribution in [0, 0.1) is 0 Å². The fourth-order valence-corrected chi connectivity index (χ4v) is 9.40. The Morgan fingerprint density at radius 2 is 1.27 bits per heavy atom. The number of nitrogens with two attached hydrogens (primary N) is 2. The SMILES string of the molecule is NCc1cccc(C2CCN(C(=O)c3cccc(NC(=O)CC4(c5ccccc5)OB(c5cc6cc(C(=O)N7CCC(c8cccc(CN)c8)CC7)ccc6[nH]5)OC4=O)c3)CC2)c1. The zero-order valence-corrected chi connectivity index (χ0v) is 35.1. The summed E-state index contributed by atoms with van der Waals surface area (Å²) in [6.45, 7) is 3.55. The molecule has 6 N–H and O–H groups in total. The zero-order valence-electron chi connectivity index (χ0n) is 35.1. The summed E-state index contributed by atoms with van der Waals surface area (Å²) in [6.07, 6.45) is 3.07. The van der Waals surface area contributed by atoms with E-state index in [4.69, 9.17) is 20.8 Å². The van der Waals surface area contributed by atoms with Gasteiger partial charge in [0.05, 0.1) is 12.0 Å². The number of hydrogen-bond acceptors (Lipinski definition) is 8. The highest BCUT2D eigenvalue weighted by atomic mass is 16.7. The maximum atomic E-state index is 14.0. The first-order valence-corrected chi connectivity index (χ1v) is 21.8. The van der Waals surface area contributed by atoms with Crippen molar-refractivity contribution in [1.82, 2.24) is 14.8 Å². The molecule has 3 amide bonds. The molecule has 1 atom stereocenters. The minimum atomic E-state index is -1.76. The van der Waals surface area contributed by atoms with Gasteiger partial charge in [-0.1, -0.05) is 84.9 Å². The lowest BCUT2D eigenvalue weighted by Gasteiger charge is -2.32. The van der Waals surface area contributed by atoms with Crippen molar-refractivity contribution in [2.24, 2.45) is 11.5 Å². The summed E-state index contributed by atoms with van der Waals surface area (Å²) >= 11 is 0. The van der Waals surface area contributed by atoms with Crippen LogP contribution in [0.1, 0.15) is 92.5 Å². The number of likely N-dealkylation sites (tertiary alicyclic amines) is 2. The first-order valence-electron chi connectivity index (χ1n) is 21.8. The topological polar surface area (TPSA) is 173 Å². The number of nitrogens with zero attached hydrogens (tertiary/aromatic N) is 2. The van der Waals surface area contributed by atoms with Crippen molar-refractivity contribution in [3.05, 3.63) is 166 Å². The molecule has 0 aliphatic carbocycles. The van der Waals surface area contributed by atoms with Crippen LogP contribution in [0.4, 0.5) is 5.69 Å². The van der Waals surface area contributed by atoms with Gasteiger partial charge in [0.1, 0.15) is 0 Å². The average Bonchev–Trinajstić information content (AvgIpc) is 3.92. The maximum absolute atomic E-state index is 14.0. The molecule has 5 aromatic carbocycles. The number of aromatic nitrogens is 1. The van der Waals surface area contributed by atoms with Gasteiger partial charge in [-0.2, -0.15) is 0 Å². The van der Waals surface area contributed by atoms with Crippen LogP contribution in [0.15, 0.2) is 127 Å². The van der Waals surface area contributed by atoms with Crippen molar-refractivity contribution < 1.29 is 28.5 Å². The first kappa shape index (κ1) is 41.8. The smallest absolute Gasteiger partial charge is 0.502 e. The molecule has 0 spiro atoms. The average molecular weight is 843 g/mol. The molecule has 4 heterocycles. The molecular weight excluding hydrogens is 791 g/mol. The normalized spacial score (nSPS) is 18.4. The molecule has 63 heavy (non-hydrogen) atoms. The largest absolute Gasteiger partial charge is 0.583 e. The van der Waals surface area contributed by atoms with Crippen LogP contribution in [-0.2, 0) is 37.6 Å². The van der Waals surface area contributed by atoms with Crippen LogP contribution in [0.2, 0.25) is 0 Å². The van der Waals surface area contributed by atoms with Crippen molar-refractivity contribution in [2.45, 2.75) is 62.6 Å². The van der Waals surface area contributed by atoms with E-state index in [0.717, 1.165) is 47.7 Å². The monoisotopic (exact) mass is 842 g/mol. The summed E-state index contributed by atoms with van der Waals surface area (Å²) in [5.74, 6) is -0.597. The number of aromatic amines is 1. The Balaban J connectivity index is 0.857. The Bertz CT molecular complexity index is 2650. The second-order valence-corrected chi connectivity index (χ2v) is 16.9. The summed E-state index contributed by atoms with van der Waals surface area (Å²) in [4.78, 5) is 62.3. The second kappa shape index (κ2) is 18.1. The van der Waals surface area contributed by atoms with Crippen molar-refractivity contribution >= 4 is 53.0 Å². The lowest BCUT2D eigenvalue weighted by molar-refractivity contribution is -0.146. The molecule has 3 fully saturated rings. The van der Waals surface area contributed by atoms with Crippen LogP contribution in [0.5, 0.6) is 0 Å². The molecule has 6 aromatic rings. The number of piperidine rings is 2. The van der Waals surface area contributed by atoms with Crippen molar-refractivity contribution in [1.29, 1.82) is 0 Å². The van der Waals surface area contributed by atoms with Crippen molar-refractivity contribution in [3.8, 4) is 0 Å². The standard InChI is InChI=1S/C50H51BN6O6/c52-31-33-7-4-9-37(25-33)35-17-21-56(22-18-35)47(59)39-11-6-14-43(28-39)54-46(58)30-50(42-12-2-1-3-13-42)49(61)62-51(63-50)45-29-41-27-40(15-16-44(41)55-45)48(60)57-23-19-36(20-24-57)38-10-5-8-34(26-38)32-53/h1-16,25-29,35-36,55H,17-24,30-32,52-53H2,(H,54,58). The zero-order chi connectivity index (χ0) is 43.5. The summed E-state index contributed by atoms with van der Waals surface area (Å²) < 4.78 is 12.4.